The number of hydrogen-bond donors (Lipinski definition) is 2. The lowest BCUT2D eigenvalue weighted by Gasteiger charge is -2.54. The second kappa shape index (κ2) is 4.56. The highest BCUT2D eigenvalue weighted by molar-refractivity contribution is 5.84. The van der Waals surface area contributed by atoms with Crippen molar-refractivity contribution in [2.24, 2.45) is 28.9 Å². The van der Waals surface area contributed by atoms with Crippen LogP contribution in [0.5, 0.6) is 0 Å². The molecule has 3 heteroatoms. The van der Waals surface area contributed by atoms with Gasteiger partial charge in [-0.25, -0.2) is 0 Å². The predicted molar refractivity (Wildman–Crippen MR) is 76.7 cm³/mol. The second-order valence-electron chi connectivity index (χ2n) is 7.99. The van der Waals surface area contributed by atoms with Gasteiger partial charge in [0.05, 0.1) is 0 Å². The van der Waals surface area contributed by atoms with E-state index in [0.29, 0.717) is 36.1 Å². The zero-order chi connectivity index (χ0) is 13.8. The number of carbonyl (C=O) groups excluding carboxylic acids is 1. The molecule has 108 valence electrons. The quantitative estimate of drug-likeness (QED) is 0.704. The fraction of sp³-hybridized carbons (Fsp3) is 0.938. The van der Waals surface area contributed by atoms with E-state index in [4.69, 9.17) is 5.73 Å². The topological polar surface area (TPSA) is 55.1 Å². The smallest absolute Gasteiger partial charge is 0.139 e. The number of piperidine rings is 1. The van der Waals surface area contributed by atoms with Crippen LogP contribution < -0.4 is 11.1 Å². The van der Waals surface area contributed by atoms with Gasteiger partial charge in [0.15, 0.2) is 0 Å². The van der Waals surface area contributed by atoms with Crippen molar-refractivity contribution < 1.29 is 4.79 Å². The summed E-state index contributed by atoms with van der Waals surface area (Å²) >= 11 is 0. The van der Waals surface area contributed by atoms with Crippen LogP contribution in [0.25, 0.3) is 0 Å². The molecule has 0 bridgehead atoms. The zero-order valence-corrected chi connectivity index (χ0v) is 12.5. The summed E-state index contributed by atoms with van der Waals surface area (Å²) in [4.78, 5) is 12.5. The number of carbonyl (C=O) groups is 1. The fourth-order valence-corrected chi connectivity index (χ4v) is 4.94. The summed E-state index contributed by atoms with van der Waals surface area (Å²) in [5, 5.41) is 3.82. The minimum absolute atomic E-state index is 0.0691. The Bertz CT molecular complexity index is 379. The zero-order valence-electron chi connectivity index (χ0n) is 12.5. The van der Waals surface area contributed by atoms with E-state index >= 15 is 0 Å². The van der Waals surface area contributed by atoms with Crippen molar-refractivity contribution in [3.05, 3.63) is 0 Å². The third kappa shape index (κ3) is 2.25. The maximum absolute atomic E-state index is 12.5. The molecular weight excluding hydrogens is 236 g/mol. The summed E-state index contributed by atoms with van der Waals surface area (Å²) in [5.41, 5.74) is 6.66. The average Bonchev–Trinajstić information content (AvgIpc) is 2.28. The lowest BCUT2D eigenvalue weighted by molar-refractivity contribution is -0.133. The number of ketones is 1. The summed E-state index contributed by atoms with van der Waals surface area (Å²) in [7, 11) is 0. The van der Waals surface area contributed by atoms with Crippen LogP contribution in [0.1, 0.15) is 52.9 Å². The van der Waals surface area contributed by atoms with Crippen LogP contribution in [-0.2, 0) is 4.79 Å². The molecule has 1 heterocycles. The van der Waals surface area contributed by atoms with Crippen LogP contribution in [0.2, 0.25) is 0 Å². The molecule has 0 amide bonds. The van der Waals surface area contributed by atoms with Crippen molar-refractivity contribution in [1.29, 1.82) is 0 Å². The molecule has 3 aliphatic rings. The molecule has 0 aromatic rings. The molecule has 3 fully saturated rings. The minimum Gasteiger partial charge on any atom is -0.327 e. The first-order valence-electron chi connectivity index (χ1n) is 7.93. The van der Waals surface area contributed by atoms with Gasteiger partial charge in [0.25, 0.3) is 0 Å². The first-order chi connectivity index (χ1) is 8.89. The first kappa shape index (κ1) is 13.6. The number of hydrogen-bond acceptors (Lipinski definition) is 3. The predicted octanol–water partition coefficient (Wildman–Crippen LogP) is 2.10. The Morgan fingerprint density at radius 3 is 2.79 bits per heavy atom. The van der Waals surface area contributed by atoms with Gasteiger partial charge in [-0.15, -0.1) is 0 Å². The molecule has 3 rings (SSSR count). The van der Waals surface area contributed by atoms with E-state index in [2.05, 4.69) is 26.1 Å². The van der Waals surface area contributed by atoms with E-state index in [9.17, 15) is 4.79 Å². The average molecular weight is 264 g/mol. The molecule has 0 radical (unpaired) electrons. The Morgan fingerprint density at radius 2 is 2.05 bits per heavy atom. The van der Waals surface area contributed by atoms with E-state index in [1.807, 2.05) is 0 Å². The van der Waals surface area contributed by atoms with Gasteiger partial charge in [-0.05, 0) is 36.5 Å². The summed E-state index contributed by atoms with van der Waals surface area (Å²) in [6, 6.07) is 0.933. The fourth-order valence-electron chi connectivity index (χ4n) is 4.94. The van der Waals surface area contributed by atoms with Gasteiger partial charge in [-0.1, -0.05) is 27.2 Å². The SMILES string of the molecule is CC1CCCC2C(N)C3C(=O)CC(C)(C)CC3NC12. The van der Waals surface area contributed by atoms with Crippen LogP contribution >= 0.6 is 0 Å². The summed E-state index contributed by atoms with van der Waals surface area (Å²) in [6.07, 6.45) is 5.57. The number of nitrogens with one attached hydrogen (secondary N) is 1. The lowest BCUT2D eigenvalue weighted by atomic mass is 9.60. The first-order valence-corrected chi connectivity index (χ1v) is 7.93. The molecule has 2 saturated carbocycles. The summed E-state index contributed by atoms with van der Waals surface area (Å²) in [6.45, 7) is 6.77. The van der Waals surface area contributed by atoms with Crippen molar-refractivity contribution in [1.82, 2.24) is 5.32 Å². The Morgan fingerprint density at radius 1 is 1.32 bits per heavy atom. The molecule has 2 aliphatic carbocycles. The second-order valence-corrected chi connectivity index (χ2v) is 7.99. The van der Waals surface area contributed by atoms with Gasteiger partial charge in [0.1, 0.15) is 5.78 Å². The van der Waals surface area contributed by atoms with Crippen molar-refractivity contribution in [2.45, 2.75) is 71.0 Å². The number of nitrogens with two attached hydrogens (primary N) is 1. The van der Waals surface area contributed by atoms with Crippen molar-refractivity contribution in [3.63, 3.8) is 0 Å². The van der Waals surface area contributed by atoms with Crippen molar-refractivity contribution >= 4 is 5.78 Å². The van der Waals surface area contributed by atoms with Crippen LogP contribution in [0.15, 0.2) is 0 Å². The number of fused-ring (bicyclic) bond motifs is 2. The molecule has 3 nitrogen and oxygen atoms in total. The number of rotatable bonds is 0. The summed E-state index contributed by atoms with van der Waals surface area (Å²) < 4.78 is 0. The lowest BCUT2D eigenvalue weighted by Crippen LogP contribution is -2.68. The van der Waals surface area contributed by atoms with Gasteiger partial charge in [0.2, 0.25) is 0 Å². The maximum atomic E-state index is 12.5. The third-order valence-corrected chi connectivity index (χ3v) is 5.82. The van der Waals surface area contributed by atoms with Crippen molar-refractivity contribution in [3.8, 4) is 0 Å². The van der Waals surface area contributed by atoms with Gasteiger partial charge >= 0.3 is 0 Å². The van der Waals surface area contributed by atoms with Crippen LogP contribution in [0, 0.1) is 23.2 Å². The largest absolute Gasteiger partial charge is 0.327 e. The van der Waals surface area contributed by atoms with E-state index in [-0.39, 0.29) is 17.4 Å². The molecule has 3 N–H and O–H groups in total. The molecular formula is C16H28N2O. The van der Waals surface area contributed by atoms with E-state index in [0.717, 1.165) is 6.42 Å². The van der Waals surface area contributed by atoms with Crippen molar-refractivity contribution in [2.75, 3.05) is 0 Å². The minimum atomic E-state index is 0.0691. The van der Waals surface area contributed by atoms with Gasteiger partial charge in [-0.3, -0.25) is 4.79 Å². The Hall–Kier alpha value is -0.410. The highest BCUT2D eigenvalue weighted by Gasteiger charge is 2.51. The molecule has 6 unspecified atom stereocenters. The van der Waals surface area contributed by atoms with E-state index in [1.165, 1.54) is 19.3 Å². The number of Topliss-reactive ketones (excluding diaryl/α,β-unsaturated/α-hetero) is 1. The molecule has 6 atom stereocenters. The molecule has 0 aromatic heterocycles. The van der Waals surface area contributed by atoms with Crippen LogP contribution in [0.3, 0.4) is 0 Å². The molecule has 19 heavy (non-hydrogen) atoms. The van der Waals surface area contributed by atoms with Gasteiger partial charge < -0.3 is 11.1 Å². The van der Waals surface area contributed by atoms with E-state index < -0.39 is 0 Å². The Kier molecular flexibility index (Phi) is 3.25. The third-order valence-electron chi connectivity index (χ3n) is 5.82. The van der Waals surface area contributed by atoms with Crippen LogP contribution in [0.4, 0.5) is 0 Å². The monoisotopic (exact) mass is 264 g/mol. The maximum Gasteiger partial charge on any atom is 0.139 e. The normalized spacial score (nSPS) is 49.4. The molecule has 0 aromatic carbocycles. The van der Waals surface area contributed by atoms with Gasteiger partial charge in [-0.2, -0.15) is 0 Å². The Balaban J connectivity index is 1.86. The Labute approximate surface area is 116 Å². The summed E-state index contributed by atoms with van der Waals surface area (Å²) in [5.74, 6) is 1.68. The highest BCUT2D eigenvalue weighted by Crippen LogP contribution is 2.44. The molecule has 1 aliphatic heterocycles. The standard InChI is InChI=1S/C16H28N2O/c1-9-5-4-6-10-14(17)13-11(18-15(9)10)7-16(2,3)8-12(13)19/h9-11,13-15,18H,4-8,17H2,1-3H3. The van der Waals surface area contributed by atoms with Gasteiger partial charge in [0, 0.05) is 30.5 Å². The molecule has 1 saturated heterocycles. The van der Waals surface area contributed by atoms with Crippen LogP contribution in [-0.4, -0.2) is 23.9 Å². The molecule has 0 spiro atoms. The highest BCUT2D eigenvalue weighted by atomic mass is 16.1. The van der Waals surface area contributed by atoms with E-state index in [1.54, 1.807) is 0 Å².